The van der Waals surface area contributed by atoms with E-state index in [1.165, 1.54) is 12.1 Å². The lowest BCUT2D eigenvalue weighted by atomic mass is 9.68. The minimum Gasteiger partial charge on any atom is -0.490 e. The van der Waals surface area contributed by atoms with Crippen molar-refractivity contribution in [1.82, 2.24) is 0 Å². The molecule has 0 heterocycles. The Morgan fingerprint density at radius 2 is 0.545 bits per heavy atom. The Morgan fingerprint density at radius 1 is 0.299 bits per heavy atom. The summed E-state index contributed by atoms with van der Waals surface area (Å²) in [6, 6.07) is 67.9. The number of hydrogen-bond donors (Lipinski definition) is 4. The Labute approximate surface area is 768 Å². The predicted molar refractivity (Wildman–Crippen MR) is 484 cm³/mol. The van der Waals surface area contributed by atoms with Crippen LogP contribution in [0.15, 0.2) is 305 Å². The molecule has 0 spiro atoms. The Bertz CT molecular complexity index is 5790. The second kappa shape index (κ2) is 42.4. The van der Waals surface area contributed by atoms with Crippen LogP contribution in [-0.2, 0) is 87.1 Å². The van der Waals surface area contributed by atoms with Gasteiger partial charge in [0.1, 0.15) is 75.9 Å². The number of aromatic carboxylic acids is 2. The van der Waals surface area contributed by atoms with E-state index in [9.17, 15) is 78.0 Å². The zero-order valence-corrected chi connectivity index (χ0v) is 72.1. The first-order valence-corrected chi connectivity index (χ1v) is 42.7. The molecule has 8 atom stereocenters. The highest BCUT2D eigenvalue weighted by molar-refractivity contribution is 6.06. The number of ether oxygens (including phenoxy) is 12. The highest BCUT2D eigenvalue weighted by Crippen LogP contribution is 2.58. The molecule has 0 aliphatic heterocycles. The van der Waals surface area contributed by atoms with Crippen LogP contribution in [0, 0.1) is 23.7 Å². The number of fused-ring (bicyclic) bond motifs is 6. The molecule has 134 heavy (non-hydrogen) atoms. The number of benzene rings is 10. The summed E-state index contributed by atoms with van der Waals surface area (Å²) < 4.78 is 69.4. The van der Waals surface area contributed by atoms with Gasteiger partial charge in [-0.3, -0.25) is 19.2 Å². The average Bonchev–Trinajstić information content (AvgIpc) is 1.54. The maximum absolute atomic E-state index is 14.3. The third-order valence-corrected chi connectivity index (χ3v) is 23.6. The van der Waals surface area contributed by atoms with E-state index < -0.39 is 192 Å². The molecule has 10 aromatic carbocycles. The van der Waals surface area contributed by atoms with E-state index in [-0.39, 0.29) is 61.5 Å². The number of hydrogen-bond acceptors (Lipinski definition) is 24. The molecule has 4 N–H and O–H groups in total. The normalized spacial score (nSPS) is 16.3. The van der Waals surface area contributed by atoms with Crippen molar-refractivity contribution in [3.63, 3.8) is 0 Å². The zero-order chi connectivity index (χ0) is 94.7. The maximum atomic E-state index is 14.3. The van der Waals surface area contributed by atoms with Crippen LogP contribution < -0.4 is 18.9 Å². The van der Waals surface area contributed by atoms with E-state index in [1.54, 1.807) is 72.8 Å². The van der Waals surface area contributed by atoms with Gasteiger partial charge in [-0.25, -0.2) is 38.4 Å². The van der Waals surface area contributed by atoms with Gasteiger partial charge in [0.25, 0.3) is 0 Å². The average molecular weight is 1810 g/mol. The largest absolute Gasteiger partial charge is 0.490 e. The molecule has 0 bridgehead atoms. The Balaban J connectivity index is 0.639. The lowest BCUT2D eigenvalue weighted by Gasteiger charge is -2.34. The Hall–Kier alpha value is -16.5. The zero-order valence-electron chi connectivity index (χ0n) is 72.1. The highest BCUT2D eigenvalue weighted by atomic mass is 16.6. The third kappa shape index (κ3) is 20.5. The number of carbonyl (C=O) groups is 12. The van der Waals surface area contributed by atoms with Gasteiger partial charge in [-0.1, -0.05) is 208 Å². The summed E-state index contributed by atoms with van der Waals surface area (Å²) in [5.41, 5.74) is 7.15. The van der Waals surface area contributed by atoms with E-state index in [1.807, 2.05) is 146 Å². The van der Waals surface area contributed by atoms with Crippen LogP contribution >= 0.6 is 0 Å². The monoisotopic (exact) mass is 1810 g/mol. The van der Waals surface area contributed by atoms with Gasteiger partial charge < -0.3 is 77.3 Å². The Kier molecular flexibility index (Phi) is 29.6. The molecule has 0 saturated heterocycles. The van der Waals surface area contributed by atoms with Crippen LogP contribution in [0.3, 0.4) is 0 Å². The van der Waals surface area contributed by atoms with Crippen molar-refractivity contribution in [3.05, 3.63) is 372 Å². The van der Waals surface area contributed by atoms with Gasteiger partial charge in [-0.15, -0.1) is 0 Å². The first-order chi connectivity index (χ1) is 64.8. The smallest absolute Gasteiger partial charge is 0.339 e. The SMILES string of the molecule is C=CC(=O)OC(COC(=O)c1cc(-c2ccc(C(=O)O)c(C(=O)OCC(COc3ccc(C4(c5ccc(OCC(COC(=O)C6CC=CCC6C(=O)O)OC(=O)C=C)cc5)c5ccccc5-c5ccccc54)cc3)OC(=O)C=C)c2)ccc1C(=O)O)COc1ccc(C2(c3ccc(OCC(COC(=O)C4CC=CCC4C(=O)O)OC(=O)C=C)cc3)c3ccccc3-c3ccccc32)cc1. The first-order valence-electron chi connectivity index (χ1n) is 42.7. The fourth-order valence-electron chi connectivity index (χ4n) is 17.2. The number of aliphatic carboxylic acids is 2. The summed E-state index contributed by atoms with van der Waals surface area (Å²) in [7, 11) is 0. The molecule has 0 aromatic heterocycles. The van der Waals surface area contributed by atoms with Crippen LogP contribution in [0.5, 0.6) is 23.0 Å². The molecule has 28 heteroatoms. The topological polar surface area (TPSA) is 397 Å². The fraction of sp³-hybridized carbons (Fsp3) is 0.208. The summed E-state index contributed by atoms with van der Waals surface area (Å²) in [6.45, 7) is 10.4. The van der Waals surface area contributed by atoms with Crippen molar-refractivity contribution >= 4 is 71.6 Å². The number of esters is 8. The molecule has 0 amide bonds. The lowest BCUT2D eigenvalue weighted by molar-refractivity contribution is -0.164. The van der Waals surface area contributed by atoms with E-state index in [2.05, 4.69) is 26.3 Å². The van der Waals surface area contributed by atoms with Gasteiger partial charge in [0, 0.05) is 24.3 Å². The molecule has 4 aliphatic rings. The van der Waals surface area contributed by atoms with E-state index in [0.717, 1.165) is 115 Å². The van der Waals surface area contributed by atoms with Gasteiger partial charge in [0.15, 0.2) is 24.4 Å². The quantitative estimate of drug-likeness (QED) is 0.0120. The molecule has 682 valence electrons. The second-order valence-corrected chi connectivity index (χ2v) is 31.7. The third-order valence-electron chi connectivity index (χ3n) is 23.6. The molecule has 10 aromatic rings. The molecule has 0 radical (unpaired) electrons. The number of carboxylic acid groups (broad SMARTS) is 4. The molecule has 4 aliphatic carbocycles. The van der Waals surface area contributed by atoms with E-state index >= 15 is 0 Å². The molecule has 0 fully saturated rings. The lowest BCUT2D eigenvalue weighted by Crippen LogP contribution is -2.36. The van der Waals surface area contributed by atoms with Gasteiger partial charge >= 0.3 is 71.6 Å². The Morgan fingerprint density at radius 3 is 0.791 bits per heavy atom. The van der Waals surface area contributed by atoms with Gasteiger partial charge in [-0.2, -0.15) is 0 Å². The summed E-state index contributed by atoms with van der Waals surface area (Å²) >= 11 is 0. The molecule has 8 unspecified atom stereocenters. The van der Waals surface area contributed by atoms with Crippen molar-refractivity contribution in [3.8, 4) is 56.4 Å². The molecule has 0 saturated carbocycles. The van der Waals surface area contributed by atoms with E-state index in [0.29, 0.717) is 11.5 Å². The second-order valence-electron chi connectivity index (χ2n) is 31.7. The molecule has 28 nitrogen and oxygen atoms in total. The van der Waals surface area contributed by atoms with Crippen LogP contribution in [0.2, 0.25) is 0 Å². The summed E-state index contributed by atoms with van der Waals surface area (Å²) in [5, 5.41) is 40.4. The summed E-state index contributed by atoms with van der Waals surface area (Å²) in [4.78, 5) is 155. The summed E-state index contributed by atoms with van der Waals surface area (Å²) in [5.74, 6) is -15.2. The standard InChI is InChI=1S/C106H90O28/c1-5-93(107)131-73(59-127-101(119)85-27-11-9-25-81(85)97(111)112)55-123-69-43-35-65(36-44-69)105(89-29-17-13-21-77(89)78-22-14-18-30-90(78)105)67-39-47-71(48-40-67)125-57-75(133-95(109)7-3)61-129-103(121)87-53-63(33-51-83(87)99(115)116)64-34-52-84(100(117)118)88(54-64)104(122)130-62-76(134-96(110)8-4)58-126-72-49-41-68(42-50-72)106(91-31-19-15-23-79(91)80-24-16-20-32-92(80)106)66-37-45-70(46-38-66)124-56-74(132-94(108)6-2)60-128-102(120)86-28-12-10-26-82(86)98(113)114/h5-24,29-54,73-76,81-82,85-86H,1-4,25-28,55-62H2,(H,111,112)(H,113,114)(H,115,116)(H,117,118). The maximum Gasteiger partial charge on any atom is 0.339 e. The fourth-order valence-corrected chi connectivity index (χ4v) is 17.2. The van der Waals surface area contributed by atoms with E-state index in [4.69, 9.17) is 56.8 Å². The van der Waals surface area contributed by atoms with Crippen molar-refractivity contribution in [1.29, 1.82) is 0 Å². The minimum absolute atomic E-state index is 0.101. The molecular weight excluding hydrogens is 1720 g/mol. The summed E-state index contributed by atoms with van der Waals surface area (Å²) in [6.07, 6.45) is 6.34. The van der Waals surface area contributed by atoms with Gasteiger partial charge in [0.05, 0.1) is 56.8 Å². The van der Waals surface area contributed by atoms with Crippen molar-refractivity contribution in [2.45, 2.75) is 60.9 Å². The molecule has 14 rings (SSSR count). The van der Waals surface area contributed by atoms with Crippen molar-refractivity contribution in [2.24, 2.45) is 23.7 Å². The first kappa shape index (κ1) is 93.6. The highest BCUT2D eigenvalue weighted by Gasteiger charge is 2.49. The van der Waals surface area contributed by atoms with Crippen LogP contribution in [-0.4, -0.2) is 169 Å². The number of carboxylic acids is 4. The van der Waals surface area contributed by atoms with Crippen molar-refractivity contribution < 1.29 is 135 Å². The van der Waals surface area contributed by atoms with Crippen LogP contribution in [0.25, 0.3) is 33.4 Å². The molecular formula is C106H90O28. The van der Waals surface area contributed by atoms with Gasteiger partial charge in [0.2, 0.25) is 0 Å². The van der Waals surface area contributed by atoms with Crippen LogP contribution in [0.4, 0.5) is 0 Å². The predicted octanol–water partition coefficient (Wildman–Crippen LogP) is 15.5. The minimum atomic E-state index is -1.54. The van der Waals surface area contributed by atoms with Crippen molar-refractivity contribution in [2.75, 3.05) is 52.9 Å². The van der Waals surface area contributed by atoms with Gasteiger partial charge in [-0.05, 0) is 176 Å². The number of carbonyl (C=O) groups excluding carboxylic acids is 8. The van der Waals surface area contributed by atoms with Crippen LogP contribution in [0.1, 0.15) is 112 Å². The number of rotatable bonds is 41. The number of allylic oxidation sites excluding steroid dienone is 4.